The zero-order chi connectivity index (χ0) is 19.7. The van der Waals surface area contributed by atoms with E-state index in [1.807, 2.05) is 6.92 Å². The second-order valence-corrected chi connectivity index (χ2v) is 7.63. The van der Waals surface area contributed by atoms with E-state index >= 15 is 0 Å². The summed E-state index contributed by atoms with van der Waals surface area (Å²) in [5.74, 6) is 0.621. The number of aromatic nitrogens is 2. The summed E-state index contributed by atoms with van der Waals surface area (Å²) in [6.45, 7) is 8.44. The molecule has 0 bridgehead atoms. The molecule has 0 N–H and O–H groups in total. The number of unbranched alkanes of at least 4 members (excludes halogenated alkanes) is 3. The minimum atomic E-state index is -0.619. The molecule has 1 aliphatic heterocycles. The van der Waals surface area contributed by atoms with Gasteiger partial charge in [0.2, 0.25) is 6.23 Å². The third-order valence-corrected chi connectivity index (χ3v) is 5.48. The summed E-state index contributed by atoms with van der Waals surface area (Å²) in [5.41, 5.74) is 1.92. The molecule has 1 aromatic rings. The van der Waals surface area contributed by atoms with Gasteiger partial charge in [0, 0.05) is 18.9 Å². The average molecular weight is 399 g/mol. The van der Waals surface area contributed by atoms with E-state index in [0.29, 0.717) is 30.1 Å². The first-order chi connectivity index (χ1) is 13.0. The summed E-state index contributed by atoms with van der Waals surface area (Å²) in [7, 11) is 2.09. The van der Waals surface area contributed by atoms with Crippen LogP contribution in [0.5, 0.6) is 5.88 Å². The van der Waals surface area contributed by atoms with Crippen LogP contribution < -0.4 is 4.74 Å². The van der Waals surface area contributed by atoms with E-state index in [0.717, 1.165) is 30.7 Å². The summed E-state index contributed by atoms with van der Waals surface area (Å²) in [6.07, 6.45) is 6.79. The molecule has 0 spiro atoms. The van der Waals surface area contributed by atoms with E-state index in [4.69, 9.17) is 14.2 Å². The van der Waals surface area contributed by atoms with Crippen LogP contribution in [0.3, 0.4) is 0 Å². The summed E-state index contributed by atoms with van der Waals surface area (Å²) >= 11 is 1.18. The standard InChI is InChI=1S/C19H32N3O4S/c1-5-7-8-9-13-25-18-17(20-27-21-18)16-11-10-12-22(4,14-16)15(3)26-19(23)24-6-2/h11,15H,5-10,12-14H2,1-4H3/q+1/t15-,22?/m0/s1. The number of ether oxygens (including phenoxy) is 3. The second-order valence-electron chi connectivity index (χ2n) is 7.11. The number of likely N-dealkylation sites (N-methyl/N-ethyl adjacent to an activating group) is 1. The molecule has 0 saturated carbocycles. The molecule has 0 radical (unpaired) electrons. The Labute approximate surface area is 166 Å². The quantitative estimate of drug-likeness (QED) is 0.333. The Morgan fingerprint density at radius 1 is 1.30 bits per heavy atom. The van der Waals surface area contributed by atoms with Gasteiger partial charge in [-0.15, -0.1) is 4.37 Å². The van der Waals surface area contributed by atoms with Crippen molar-refractivity contribution in [2.75, 3.05) is 33.4 Å². The highest BCUT2D eigenvalue weighted by Crippen LogP contribution is 2.31. The van der Waals surface area contributed by atoms with Crippen LogP contribution in [0.1, 0.15) is 58.6 Å². The van der Waals surface area contributed by atoms with Crippen molar-refractivity contribution in [3.8, 4) is 5.88 Å². The van der Waals surface area contributed by atoms with Gasteiger partial charge in [-0.25, -0.2) is 4.79 Å². The van der Waals surface area contributed by atoms with Gasteiger partial charge in [-0.1, -0.05) is 32.3 Å². The highest BCUT2D eigenvalue weighted by molar-refractivity contribution is 6.99. The molecule has 7 nitrogen and oxygen atoms in total. The van der Waals surface area contributed by atoms with E-state index in [-0.39, 0.29) is 6.23 Å². The number of quaternary nitrogens is 1. The van der Waals surface area contributed by atoms with Crippen molar-refractivity contribution in [2.24, 2.45) is 0 Å². The van der Waals surface area contributed by atoms with Crippen LogP contribution in [0.15, 0.2) is 6.08 Å². The van der Waals surface area contributed by atoms with Gasteiger partial charge in [-0.3, -0.25) is 4.48 Å². The molecule has 0 saturated heterocycles. The monoisotopic (exact) mass is 398 g/mol. The molecule has 1 aliphatic rings. The van der Waals surface area contributed by atoms with Gasteiger partial charge in [0.1, 0.15) is 12.2 Å². The molecule has 0 fully saturated rings. The molecule has 152 valence electrons. The molecule has 1 aromatic heterocycles. The molecule has 8 heteroatoms. The Bertz CT molecular complexity index is 634. The molecular formula is C19H32N3O4S+. The van der Waals surface area contributed by atoms with Crippen molar-refractivity contribution in [1.82, 2.24) is 8.75 Å². The average Bonchev–Trinajstić information content (AvgIpc) is 3.10. The van der Waals surface area contributed by atoms with Crippen LogP contribution in [-0.2, 0) is 9.47 Å². The van der Waals surface area contributed by atoms with Crippen molar-refractivity contribution in [1.29, 1.82) is 0 Å². The Morgan fingerprint density at radius 2 is 2.11 bits per heavy atom. The molecule has 2 atom stereocenters. The maximum atomic E-state index is 11.7. The predicted molar refractivity (Wildman–Crippen MR) is 106 cm³/mol. The van der Waals surface area contributed by atoms with Crippen LogP contribution >= 0.6 is 11.7 Å². The van der Waals surface area contributed by atoms with Gasteiger partial charge in [-0.2, -0.15) is 4.37 Å². The lowest BCUT2D eigenvalue weighted by atomic mass is 10.0. The Hall–Kier alpha value is -1.67. The molecular weight excluding hydrogens is 366 g/mol. The third kappa shape index (κ3) is 6.17. The smallest absolute Gasteiger partial charge is 0.475 e. The van der Waals surface area contributed by atoms with E-state index < -0.39 is 6.16 Å². The number of nitrogens with zero attached hydrogens (tertiary/aromatic N) is 3. The number of hydrogen-bond acceptors (Lipinski definition) is 7. The summed E-state index contributed by atoms with van der Waals surface area (Å²) in [5, 5.41) is 0. The van der Waals surface area contributed by atoms with Crippen molar-refractivity contribution in [3.63, 3.8) is 0 Å². The number of hydrogen-bond donors (Lipinski definition) is 0. The lowest BCUT2D eigenvalue weighted by Gasteiger charge is -2.40. The van der Waals surface area contributed by atoms with E-state index in [2.05, 4.69) is 28.8 Å². The Morgan fingerprint density at radius 3 is 2.85 bits per heavy atom. The third-order valence-electron chi connectivity index (χ3n) is 4.97. The van der Waals surface area contributed by atoms with Crippen molar-refractivity contribution >= 4 is 23.5 Å². The van der Waals surface area contributed by atoms with Crippen LogP contribution in [0.25, 0.3) is 5.57 Å². The fourth-order valence-electron chi connectivity index (χ4n) is 3.14. The van der Waals surface area contributed by atoms with Gasteiger partial charge in [-0.05, 0) is 13.3 Å². The summed E-state index contributed by atoms with van der Waals surface area (Å²) in [6, 6.07) is 0. The minimum Gasteiger partial charge on any atom is -0.475 e. The molecule has 1 unspecified atom stereocenters. The fraction of sp³-hybridized carbons (Fsp3) is 0.737. The second kappa shape index (κ2) is 10.6. The molecule has 0 amide bonds. The predicted octanol–water partition coefficient (Wildman–Crippen LogP) is 4.25. The lowest BCUT2D eigenvalue weighted by molar-refractivity contribution is -0.944. The van der Waals surface area contributed by atoms with Crippen molar-refractivity contribution < 1.29 is 23.5 Å². The highest BCUT2D eigenvalue weighted by Gasteiger charge is 2.37. The van der Waals surface area contributed by atoms with Gasteiger partial charge in [0.15, 0.2) is 0 Å². The van der Waals surface area contributed by atoms with Crippen molar-refractivity contribution in [3.05, 3.63) is 11.8 Å². The largest absolute Gasteiger partial charge is 0.512 e. The number of carbonyl (C=O) groups excluding carboxylic acids is 1. The topological polar surface area (TPSA) is 70.5 Å². The van der Waals surface area contributed by atoms with Gasteiger partial charge >= 0.3 is 6.16 Å². The first-order valence-corrected chi connectivity index (χ1v) is 10.6. The van der Waals surface area contributed by atoms with Crippen LogP contribution in [-0.4, -0.2) is 59.0 Å². The van der Waals surface area contributed by atoms with Crippen LogP contribution in [0.4, 0.5) is 4.79 Å². The van der Waals surface area contributed by atoms with Crippen molar-refractivity contribution in [2.45, 2.75) is 59.1 Å². The molecule has 2 rings (SSSR count). The maximum absolute atomic E-state index is 11.7. The number of carbonyl (C=O) groups is 1. The minimum absolute atomic E-state index is 0.308. The van der Waals surface area contributed by atoms with E-state index in [1.54, 1.807) is 6.92 Å². The summed E-state index contributed by atoms with van der Waals surface area (Å²) in [4.78, 5) is 11.7. The van der Waals surface area contributed by atoms with Crippen LogP contribution in [0.2, 0.25) is 0 Å². The number of rotatable bonds is 10. The summed E-state index contributed by atoms with van der Waals surface area (Å²) < 4.78 is 25.6. The molecule has 0 aliphatic carbocycles. The lowest BCUT2D eigenvalue weighted by Crippen LogP contribution is -2.55. The molecule has 0 aromatic carbocycles. The van der Waals surface area contributed by atoms with Crippen LogP contribution in [0, 0.1) is 0 Å². The first-order valence-electron chi connectivity index (χ1n) is 9.82. The fourth-order valence-corrected chi connectivity index (χ4v) is 3.67. The van der Waals surface area contributed by atoms with E-state index in [1.165, 1.54) is 31.0 Å². The first kappa shape index (κ1) is 21.6. The zero-order valence-electron chi connectivity index (χ0n) is 16.9. The SMILES string of the molecule is CCCCCCOc1nsnc1C1=CCC[N+](C)([C@H](C)OC(=O)OCC)C1. The molecule has 2 heterocycles. The highest BCUT2D eigenvalue weighted by atomic mass is 32.1. The maximum Gasteiger partial charge on any atom is 0.512 e. The zero-order valence-corrected chi connectivity index (χ0v) is 17.7. The Kier molecular flexibility index (Phi) is 8.50. The van der Waals surface area contributed by atoms with E-state index in [9.17, 15) is 4.79 Å². The van der Waals surface area contributed by atoms with Gasteiger partial charge < -0.3 is 14.2 Å². The Balaban J connectivity index is 1.98. The van der Waals surface area contributed by atoms with Gasteiger partial charge in [0.25, 0.3) is 5.88 Å². The normalized spacial score (nSPS) is 20.7. The molecule has 27 heavy (non-hydrogen) atoms. The van der Waals surface area contributed by atoms with Gasteiger partial charge in [0.05, 0.1) is 38.5 Å².